The zero-order valence-electron chi connectivity index (χ0n) is 11.2. The SMILES string of the molecule is Cc1cc(Cn2nnc(C(=O)O)c2-c2ccccc2)on1. The molecule has 1 N–H and O–H groups in total. The predicted octanol–water partition coefficient (Wildman–Crippen LogP) is 1.99. The second-order valence-electron chi connectivity index (χ2n) is 4.55. The second kappa shape index (κ2) is 5.20. The zero-order chi connectivity index (χ0) is 14.8. The first-order valence-corrected chi connectivity index (χ1v) is 6.29. The van der Waals surface area contributed by atoms with E-state index in [9.17, 15) is 9.90 Å². The van der Waals surface area contributed by atoms with Gasteiger partial charge in [-0.15, -0.1) is 5.10 Å². The lowest BCUT2D eigenvalue weighted by molar-refractivity contribution is 0.0691. The largest absolute Gasteiger partial charge is 0.476 e. The summed E-state index contributed by atoms with van der Waals surface area (Å²) in [4.78, 5) is 11.3. The number of nitrogens with zero attached hydrogens (tertiary/aromatic N) is 4. The maximum Gasteiger partial charge on any atom is 0.358 e. The molecule has 0 fully saturated rings. The van der Waals surface area contributed by atoms with Gasteiger partial charge in [0.15, 0.2) is 11.5 Å². The van der Waals surface area contributed by atoms with Crippen molar-refractivity contribution in [3.05, 3.63) is 53.5 Å². The third kappa shape index (κ3) is 2.53. The summed E-state index contributed by atoms with van der Waals surface area (Å²) in [5.74, 6) is -0.527. The van der Waals surface area contributed by atoms with Gasteiger partial charge in [0.05, 0.1) is 5.69 Å². The molecule has 0 spiro atoms. The molecule has 1 aromatic carbocycles. The van der Waals surface area contributed by atoms with Gasteiger partial charge in [0.25, 0.3) is 0 Å². The van der Waals surface area contributed by atoms with Gasteiger partial charge in [0.2, 0.25) is 0 Å². The molecule has 0 saturated heterocycles. The maximum atomic E-state index is 11.3. The van der Waals surface area contributed by atoms with Gasteiger partial charge in [-0.3, -0.25) is 0 Å². The molecule has 3 aromatic rings. The van der Waals surface area contributed by atoms with Crippen LogP contribution in [0.15, 0.2) is 40.9 Å². The summed E-state index contributed by atoms with van der Waals surface area (Å²) in [5.41, 5.74) is 1.84. The number of carbonyl (C=O) groups is 1. The molecule has 0 saturated carbocycles. The first kappa shape index (κ1) is 13.0. The fraction of sp³-hybridized carbons (Fsp3) is 0.143. The number of aromatic nitrogens is 4. The minimum absolute atomic E-state index is 0.0857. The molecule has 21 heavy (non-hydrogen) atoms. The van der Waals surface area contributed by atoms with Crippen LogP contribution < -0.4 is 0 Å². The van der Waals surface area contributed by atoms with Crippen LogP contribution in [0.1, 0.15) is 21.9 Å². The van der Waals surface area contributed by atoms with Crippen LogP contribution in [-0.4, -0.2) is 31.2 Å². The van der Waals surface area contributed by atoms with Gasteiger partial charge in [-0.2, -0.15) is 0 Å². The molecule has 106 valence electrons. The summed E-state index contributed by atoms with van der Waals surface area (Å²) in [6.45, 7) is 2.08. The third-order valence-electron chi connectivity index (χ3n) is 2.97. The molecule has 0 aliphatic rings. The number of carboxylic acids is 1. The fourth-order valence-corrected chi connectivity index (χ4v) is 2.09. The van der Waals surface area contributed by atoms with Gasteiger partial charge in [-0.25, -0.2) is 9.48 Å². The second-order valence-corrected chi connectivity index (χ2v) is 4.55. The Morgan fingerprint density at radius 1 is 1.33 bits per heavy atom. The monoisotopic (exact) mass is 284 g/mol. The van der Waals surface area contributed by atoms with Crippen molar-refractivity contribution < 1.29 is 14.4 Å². The molecule has 0 radical (unpaired) electrons. The van der Waals surface area contributed by atoms with Crippen LogP contribution in [0.5, 0.6) is 0 Å². The molecule has 0 bridgehead atoms. The summed E-state index contributed by atoms with van der Waals surface area (Å²) < 4.78 is 6.64. The van der Waals surface area contributed by atoms with E-state index in [2.05, 4.69) is 15.5 Å². The van der Waals surface area contributed by atoms with Gasteiger partial charge >= 0.3 is 5.97 Å². The predicted molar refractivity (Wildman–Crippen MR) is 72.8 cm³/mol. The average Bonchev–Trinajstić information content (AvgIpc) is 3.07. The van der Waals surface area contributed by atoms with E-state index < -0.39 is 5.97 Å². The van der Waals surface area contributed by atoms with Crippen molar-refractivity contribution in [2.24, 2.45) is 0 Å². The lowest BCUT2D eigenvalue weighted by atomic mass is 10.1. The van der Waals surface area contributed by atoms with Crippen LogP contribution in [0.4, 0.5) is 0 Å². The summed E-state index contributed by atoms with van der Waals surface area (Å²) in [6, 6.07) is 10.9. The van der Waals surface area contributed by atoms with E-state index in [1.807, 2.05) is 37.3 Å². The molecule has 0 aliphatic carbocycles. The molecular formula is C14H12N4O3. The maximum absolute atomic E-state index is 11.3. The number of hydrogen-bond acceptors (Lipinski definition) is 5. The summed E-state index contributed by atoms with van der Waals surface area (Å²) >= 11 is 0. The highest BCUT2D eigenvalue weighted by molar-refractivity contribution is 5.92. The van der Waals surface area contributed by atoms with Crippen LogP contribution in [0.25, 0.3) is 11.3 Å². The number of rotatable bonds is 4. The lowest BCUT2D eigenvalue weighted by Gasteiger charge is -2.05. The topological polar surface area (TPSA) is 94.0 Å². The summed E-state index contributed by atoms with van der Waals surface area (Å²) in [5, 5.41) is 20.7. The zero-order valence-corrected chi connectivity index (χ0v) is 11.2. The Kier molecular flexibility index (Phi) is 3.23. The van der Waals surface area contributed by atoms with Crippen molar-refractivity contribution >= 4 is 5.97 Å². The van der Waals surface area contributed by atoms with Crippen LogP contribution in [0, 0.1) is 6.92 Å². The smallest absolute Gasteiger partial charge is 0.358 e. The van der Waals surface area contributed by atoms with Crippen molar-refractivity contribution in [2.45, 2.75) is 13.5 Å². The molecule has 0 amide bonds. The van der Waals surface area contributed by atoms with Gasteiger partial charge in [0, 0.05) is 11.6 Å². The van der Waals surface area contributed by atoms with Crippen LogP contribution in [0.3, 0.4) is 0 Å². The van der Waals surface area contributed by atoms with Crippen LogP contribution in [0.2, 0.25) is 0 Å². The van der Waals surface area contributed by atoms with Gasteiger partial charge in [-0.05, 0) is 6.92 Å². The number of carboxylic acid groups (broad SMARTS) is 1. The fourth-order valence-electron chi connectivity index (χ4n) is 2.09. The van der Waals surface area contributed by atoms with Crippen molar-refractivity contribution in [1.29, 1.82) is 0 Å². The summed E-state index contributed by atoms with van der Waals surface area (Å²) in [6.07, 6.45) is 0. The van der Waals surface area contributed by atoms with Crippen LogP contribution >= 0.6 is 0 Å². The number of aryl methyl sites for hydroxylation is 1. The van der Waals surface area contributed by atoms with Crippen molar-refractivity contribution in [1.82, 2.24) is 20.2 Å². The van der Waals surface area contributed by atoms with E-state index in [1.54, 1.807) is 6.07 Å². The first-order chi connectivity index (χ1) is 10.1. The molecule has 7 nitrogen and oxygen atoms in total. The van der Waals surface area contributed by atoms with E-state index in [0.717, 1.165) is 11.3 Å². The molecule has 3 rings (SSSR count). The lowest BCUT2D eigenvalue weighted by Crippen LogP contribution is -2.05. The Bertz CT molecular complexity index is 777. The molecule has 0 atom stereocenters. The van der Waals surface area contributed by atoms with Crippen molar-refractivity contribution in [2.75, 3.05) is 0 Å². The standard InChI is InChI=1S/C14H12N4O3/c1-9-7-11(21-16-9)8-18-13(10-5-3-2-4-6-10)12(14(19)20)15-17-18/h2-7H,8H2,1H3,(H,19,20). The van der Waals surface area contributed by atoms with Gasteiger partial charge in [-0.1, -0.05) is 40.7 Å². The normalized spacial score (nSPS) is 10.7. The van der Waals surface area contributed by atoms with Crippen LogP contribution in [-0.2, 0) is 6.54 Å². The van der Waals surface area contributed by atoms with E-state index in [1.165, 1.54) is 4.68 Å². The Hall–Kier alpha value is -2.96. The van der Waals surface area contributed by atoms with E-state index in [4.69, 9.17) is 4.52 Å². The molecule has 2 aromatic heterocycles. The highest BCUT2D eigenvalue weighted by Crippen LogP contribution is 2.23. The Morgan fingerprint density at radius 2 is 2.10 bits per heavy atom. The van der Waals surface area contributed by atoms with Gasteiger partial charge < -0.3 is 9.63 Å². The van der Waals surface area contributed by atoms with Crippen molar-refractivity contribution in [3.8, 4) is 11.3 Å². The highest BCUT2D eigenvalue weighted by Gasteiger charge is 2.21. The van der Waals surface area contributed by atoms with Crippen molar-refractivity contribution in [3.63, 3.8) is 0 Å². The average molecular weight is 284 g/mol. The molecule has 7 heteroatoms. The minimum atomic E-state index is -1.12. The van der Waals surface area contributed by atoms with E-state index >= 15 is 0 Å². The molecule has 0 aliphatic heterocycles. The minimum Gasteiger partial charge on any atom is -0.476 e. The Morgan fingerprint density at radius 3 is 2.71 bits per heavy atom. The highest BCUT2D eigenvalue weighted by atomic mass is 16.5. The van der Waals surface area contributed by atoms with E-state index in [0.29, 0.717) is 11.5 Å². The quantitative estimate of drug-likeness (QED) is 0.787. The van der Waals surface area contributed by atoms with Gasteiger partial charge in [0.1, 0.15) is 12.2 Å². The van der Waals surface area contributed by atoms with E-state index in [-0.39, 0.29) is 12.2 Å². The summed E-state index contributed by atoms with van der Waals surface area (Å²) in [7, 11) is 0. The molecular weight excluding hydrogens is 272 g/mol. The third-order valence-corrected chi connectivity index (χ3v) is 2.97. The molecule has 2 heterocycles. The number of aromatic carboxylic acids is 1. The Labute approximate surface area is 119 Å². The molecule has 0 unspecified atom stereocenters. The first-order valence-electron chi connectivity index (χ1n) is 6.29. The number of benzene rings is 1. The number of hydrogen-bond donors (Lipinski definition) is 1. The Balaban J connectivity index is 2.07.